The molecule has 0 heterocycles. The van der Waals surface area contributed by atoms with Gasteiger partial charge in [0.2, 0.25) is 10.6 Å². The zero-order valence-electron chi connectivity index (χ0n) is 8.96. The summed E-state index contributed by atoms with van der Waals surface area (Å²) in [5.41, 5.74) is 1.12. The Hall–Kier alpha value is -0.200. The lowest BCUT2D eigenvalue weighted by Crippen LogP contribution is -2.23. The van der Waals surface area contributed by atoms with Crippen molar-refractivity contribution in [3.05, 3.63) is 35.9 Å². The van der Waals surface area contributed by atoms with Crippen LogP contribution in [0.2, 0.25) is 0 Å². The fourth-order valence-electron chi connectivity index (χ4n) is 0.844. The molecule has 1 amide bonds. The van der Waals surface area contributed by atoms with Crippen LogP contribution in [-0.2, 0) is 16.1 Å². The number of amides is 1. The van der Waals surface area contributed by atoms with E-state index in [-0.39, 0.29) is 10.6 Å². The van der Waals surface area contributed by atoms with Gasteiger partial charge in [-0.25, -0.2) is 0 Å². The van der Waals surface area contributed by atoms with Crippen LogP contribution in [0.5, 0.6) is 0 Å². The van der Waals surface area contributed by atoms with Gasteiger partial charge in [-0.3, -0.25) is 9.59 Å². The molecule has 0 unspecified atom stereocenters. The van der Waals surface area contributed by atoms with E-state index < -0.39 is 0 Å². The number of hydrogen-bond acceptors (Lipinski definition) is 2. The fourth-order valence-corrected chi connectivity index (χ4v) is 1.04. The molecule has 0 radical (unpaired) electrons. The minimum atomic E-state index is -0.0162. The van der Waals surface area contributed by atoms with E-state index >= 15 is 0 Å². The van der Waals surface area contributed by atoms with Crippen LogP contribution in [-0.4, -0.2) is 21.3 Å². The third kappa shape index (κ3) is 10.7. The predicted molar refractivity (Wildman–Crippen MR) is 79.8 cm³/mol. The summed E-state index contributed by atoms with van der Waals surface area (Å²) in [5, 5.41) is 3.52. The van der Waals surface area contributed by atoms with E-state index in [9.17, 15) is 9.59 Å². The van der Waals surface area contributed by atoms with Crippen molar-refractivity contribution in [2.24, 2.45) is 0 Å². The number of rotatable bonds is 4. The Bertz CT molecular complexity index is 344. The lowest BCUT2D eigenvalue weighted by molar-refractivity contribution is -0.118. The molecular weight excluding hydrogens is 418 g/mol. The van der Waals surface area contributed by atoms with Gasteiger partial charge in [0.1, 0.15) is 0 Å². The van der Waals surface area contributed by atoms with E-state index in [0.717, 1.165) is 5.56 Å². The van der Waals surface area contributed by atoms with Crippen molar-refractivity contribution in [2.45, 2.75) is 6.54 Å². The molecule has 1 rings (SSSR count). The first-order valence-electron chi connectivity index (χ1n) is 4.71. The highest BCUT2D eigenvalue weighted by atomic mass is 79.9. The van der Waals surface area contributed by atoms with Crippen molar-refractivity contribution in [3.63, 3.8) is 0 Å². The van der Waals surface area contributed by atoms with Gasteiger partial charge < -0.3 is 5.32 Å². The van der Waals surface area contributed by atoms with Crippen LogP contribution >= 0.6 is 47.8 Å². The van der Waals surface area contributed by atoms with Crippen molar-refractivity contribution >= 4 is 58.4 Å². The highest BCUT2D eigenvalue weighted by Gasteiger charge is 1.96. The first-order chi connectivity index (χ1) is 8.10. The molecule has 17 heavy (non-hydrogen) atoms. The smallest absolute Gasteiger partial charge is 0.230 e. The van der Waals surface area contributed by atoms with E-state index in [1.807, 2.05) is 30.3 Å². The summed E-state index contributed by atoms with van der Waals surface area (Å²) in [6.45, 7) is 0.602. The molecule has 3 nitrogen and oxygen atoms in total. The van der Waals surface area contributed by atoms with Gasteiger partial charge in [0.25, 0.3) is 0 Å². The van der Waals surface area contributed by atoms with Crippen LogP contribution in [0.15, 0.2) is 30.3 Å². The average molecular weight is 430 g/mol. The van der Waals surface area contributed by atoms with Crippen molar-refractivity contribution < 1.29 is 9.59 Å². The third-order valence-electron chi connectivity index (χ3n) is 1.56. The van der Waals surface area contributed by atoms with Crippen LogP contribution in [0.1, 0.15) is 5.56 Å². The SMILES string of the molecule is O=C(Br)CBr.O=C(CBr)NCc1ccccc1. The summed E-state index contributed by atoms with van der Waals surface area (Å²) in [6, 6.07) is 9.82. The number of carbonyl (C=O) groups excluding carboxylic acids is 2. The number of halogens is 3. The zero-order valence-corrected chi connectivity index (χ0v) is 13.7. The quantitative estimate of drug-likeness (QED) is 0.590. The van der Waals surface area contributed by atoms with Crippen molar-refractivity contribution in [1.29, 1.82) is 0 Å². The molecule has 1 N–H and O–H groups in total. The maximum absolute atomic E-state index is 10.8. The Balaban J connectivity index is 0.000000437. The lowest BCUT2D eigenvalue weighted by atomic mass is 10.2. The second-order valence-corrected chi connectivity index (χ2v) is 4.89. The summed E-state index contributed by atoms with van der Waals surface area (Å²) in [6.07, 6.45) is 0. The van der Waals surface area contributed by atoms with Crippen molar-refractivity contribution in [2.75, 3.05) is 10.7 Å². The molecule has 0 aliphatic carbocycles. The summed E-state index contributed by atoms with van der Waals surface area (Å²) in [4.78, 5) is 20.5. The molecule has 0 aliphatic rings. The first kappa shape index (κ1) is 16.8. The second kappa shape index (κ2) is 10.9. The van der Waals surface area contributed by atoms with Crippen LogP contribution in [0.4, 0.5) is 0 Å². The average Bonchev–Trinajstić information content (AvgIpc) is 2.37. The summed E-state index contributed by atoms with van der Waals surface area (Å²) in [5.74, 6) is 0.0128. The maximum Gasteiger partial charge on any atom is 0.230 e. The van der Waals surface area contributed by atoms with Gasteiger partial charge in [-0.2, -0.15) is 0 Å². The molecule has 0 saturated carbocycles. The molecular formula is C11H12Br3NO2. The molecule has 0 atom stereocenters. The normalized spacial score (nSPS) is 8.88. The largest absolute Gasteiger partial charge is 0.351 e. The molecule has 0 aliphatic heterocycles. The second-order valence-electron chi connectivity index (χ2n) is 2.88. The van der Waals surface area contributed by atoms with Gasteiger partial charge in [-0.1, -0.05) is 62.2 Å². The Morgan fingerprint density at radius 2 is 1.59 bits per heavy atom. The predicted octanol–water partition coefficient (Wildman–Crippen LogP) is 3.00. The van der Waals surface area contributed by atoms with E-state index in [0.29, 0.717) is 17.2 Å². The summed E-state index contributed by atoms with van der Waals surface area (Å²) >= 11 is 8.68. The molecule has 1 aromatic carbocycles. The lowest BCUT2D eigenvalue weighted by Gasteiger charge is -2.01. The van der Waals surface area contributed by atoms with E-state index in [1.54, 1.807) is 0 Å². The number of alkyl halides is 2. The molecule has 1 aromatic rings. The summed E-state index contributed by atoms with van der Waals surface area (Å²) < 4.78 is -0.0162. The zero-order chi connectivity index (χ0) is 13.1. The van der Waals surface area contributed by atoms with Crippen molar-refractivity contribution in [1.82, 2.24) is 5.32 Å². The molecule has 0 saturated heterocycles. The van der Waals surface area contributed by atoms with Gasteiger partial charge in [0.15, 0.2) is 0 Å². The number of nitrogens with one attached hydrogen (secondary N) is 1. The monoisotopic (exact) mass is 427 g/mol. The first-order valence-corrected chi connectivity index (χ1v) is 7.74. The van der Waals surface area contributed by atoms with Crippen LogP contribution in [0.3, 0.4) is 0 Å². The fraction of sp³-hybridized carbons (Fsp3) is 0.273. The van der Waals surface area contributed by atoms with Gasteiger partial charge >= 0.3 is 0 Å². The van der Waals surface area contributed by atoms with Crippen LogP contribution in [0.25, 0.3) is 0 Å². The molecule has 94 valence electrons. The maximum atomic E-state index is 10.8. The molecule has 0 spiro atoms. The van der Waals surface area contributed by atoms with Gasteiger partial charge in [-0.15, -0.1) is 0 Å². The third-order valence-corrected chi connectivity index (χ3v) is 3.61. The van der Waals surface area contributed by atoms with Crippen LogP contribution in [0, 0.1) is 0 Å². The Kier molecular flexibility index (Phi) is 10.8. The molecule has 0 aromatic heterocycles. The number of hydrogen-bond donors (Lipinski definition) is 1. The Labute approximate surface area is 126 Å². The highest BCUT2D eigenvalue weighted by molar-refractivity contribution is 9.19. The Morgan fingerprint density at radius 1 is 1.06 bits per heavy atom. The number of benzene rings is 1. The van der Waals surface area contributed by atoms with E-state index in [4.69, 9.17) is 0 Å². The van der Waals surface area contributed by atoms with Gasteiger partial charge in [-0.05, 0) is 21.5 Å². The standard InChI is InChI=1S/C9H10BrNO.C2H2Br2O/c10-6-9(12)11-7-8-4-2-1-3-5-8;3-1-2(4)5/h1-5H,6-7H2,(H,11,12);1H2. The van der Waals surface area contributed by atoms with Gasteiger partial charge in [0.05, 0.1) is 10.7 Å². The van der Waals surface area contributed by atoms with Gasteiger partial charge in [0, 0.05) is 6.54 Å². The number of carbonyl (C=O) groups is 2. The molecule has 0 bridgehead atoms. The topological polar surface area (TPSA) is 46.2 Å². The van der Waals surface area contributed by atoms with Crippen LogP contribution < -0.4 is 5.32 Å². The van der Waals surface area contributed by atoms with Crippen molar-refractivity contribution in [3.8, 4) is 0 Å². The molecule has 6 heteroatoms. The summed E-state index contributed by atoms with van der Waals surface area (Å²) in [7, 11) is 0. The Morgan fingerprint density at radius 3 is 2.00 bits per heavy atom. The van der Waals surface area contributed by atoms with E-state index in [2.05, 4.69) is 53.1 Å². The van der Waals surface area contributed by atoms with E-state index in [1.165, 1.54) is 0 Å². The highest BCUT2D eigenvalue weighted by Crippen LogP contribution is 1.96. The minimum Gasteiger partial charge on any atom is -0.351 e. The molecule has 0 fully saturated rings. The minimum absolute atomic E-state index is 0.0128.